The van der Waals surface area contributed by atoms with Gasteiger partial charge in [0.05, 0.1) is 24.2 Å². The second-order valence-electron chi connectivity index (χ2n) is 3.20. The van der Waals surface area contributed by atoms with Gasteiger partial charge in [0.25, 0.3) is 10.1 Å². The third-order valence-electron chi connectivity index (χ3n) is 1.84. The van der Waals surface area contributed by atoms with Gasteiger partial charge in [0.15, 0.2) is 0 Å². The Morgan fingerprint density at radius 3 is 2.76 bits per heavy atom. The number of carboxylic acid groups (broad SMARTS) is 1. The molecule has 0 aromatic carbocycles. The normalized spacial score (nSPS) is 11.4. The summed E-state index contributed by atoms with van der Waals surface area (Å²) in [4.78, 5) is 10.4. The van der Waals surface area contributed by atoms with E-state index in [4.69, 9.17) is 15.4 Å². The van der Waals surface area contributed by atoms with Gasteiger partial charge < -0.3 is 16.2 Å². The van der Waals surface area contributed by atoms with Crippen LogP contribution in [0, 0.1) is 0 Å². The van der Waals surface area contributed by atoms with Crippen LogP contribution in [0.3, 0.4) is 0 Å². The number of nitrogen functional groups attached to an aromatic ring is 1. The zero-order chi connectivity index (χ0) is 13.1. The van der Waals surface area contributed by atoms with E-state index in [-0.39, 0.29) is 24.6 Å². The molecule has 0 saturated heterocycles. The van der Waals surface area contributed by atoms with Crippen molar-refractivity contribution >= 4 is 27.6 Å². The van der Waals surface area contributed by atoms with Crippen molar-refractivity contribution in [2.24, 2.45) is 0 Å². The van der Waals surface area contributed by atoms with Crippen molar-refractivity contribution < 1.29 is 22.9 Å². The number of carbonyl (C=O) groups is 1. The summed E-state index contributed by atoms with van der Waals surface area (Å²) in [5, 5.41) is 14.7. The van der Waals surface area contributed by atoms with Crippen molar-refractivity contribution in [1.29, 1.82) is 0 Å². The Morgan fingerprint density at radius 1 is 1.59 bits per heavy atom. The highest BCUT2D eigenvalue weighted by molar-refractivity contribution is 7.85. The van der Waals surface area contributed by atoms with Gasteiger partial charge in [0.2, 0.25) is 0 Å². The second kappa shape index (κ2) is 5.01. The minimum Gasteiger partial charge on any atom is -0.480 e. The number of rotatable bonds is 6. The average Bonchev–Trinajstić information content (AvgIpc) is 2.52. The molecule has 0 spiro atoms. The Balaban J connectivity index is 2.75. The van der Waals surface area contributed by atoms with Crippen LogP contribution in [0.4, 0.5) is 11.5 Å². The lowest BCUT2D eigenvalue weighted by Crippen LogP contribution is -2.19. The molecule has 0 saturated carbocycles. The van der Waals surface area contributed by atoms with E-state index in [9.17, 15) is 13.2 Å². The van der Waals surface area contributed by atoms with E-state index >= 15 is 0 Å². The van der Waals surface area contributed by atoms with Gasteiger partial charge in [0, 0.05) is 0 Å². The van der Waals surface area contributed by atoms with Crippen LogP contribution in [0.5, 0.6) is 0 Å². The molecule has 1 aromatic heterocycles. The highest BCUT2D eigenvalue weighted by Gasteiger charge is 2.12. The smallest absolute Gasteiger partial charge is 0.322 e. The highest BCUT2D eigenvalue weighted by atomic mass is 32.2. The first-order chi connectivity index (χ1) is 7.79. The fraction of sp³-hybridized carbons (Fsp3) is 0.429. The quantitative estimate of drug-likeness (QED) is 0.471. The number of nitrogens with zero attached hydrogens (tertiary/aromatic N) is 2. The molecule has 0 radical (unpaired) electrons. The van der Waals surface area contributed by atoms with Gasteiger partial charge in [-0.15, -0.1) is 0 Å². The second-order valence-corrected chi connectivity index (χ2v) is 4.78. The fourth-order valence-corrected chi connectivity index (χ4v) is 1.53. The molecule has 0 aliphatic carbocycles. The SMILES string of the molecule is Nc1cnn(CCS(=O)(=O)O)c1NCC(=O)O. The van der Waals surface area contributed by atoms with Gasteiger partial charge in [-0.1, -0.05) is 0 Å². The van der Waals surface area contributed by atoms with Crippen LogP contribution in [0.15, 0.2) is 6.20 Å². The standard InChI is InChI=1S/C7H12N4O5S/c8-5-3-10-11(1-2-17(14,15)16)7(5)9-4-6(12)13/h3,9H,1-2,4,8H2,(H,12,13)(H,14,15,16). The van der Waals surface area contributed by atoms with Crippen LogP contribution < -0.4 is 11.1 Å². The Kier molecular flexibility index (Phi) is 3.91. The number of aromatic nitrogens is 2. The molecule has 0 amide bonds. The third-order valence-corrected chi connectivity index (χ3v) is 2.53. The van der Waals surface area contributed by atoms with Crippen LogP contribution >= 0.6 is 0 Å². The number of hydrogen-bond acceptors (Lipinski definition) is 6. The molecule has 9 nitrogen and oxygen atoms in total. The summed E-state index contributed by atoms with van der Waals surface area (Å²) < 4.78 is 30.9. The average molecular weight is 264 g/mol. The predicted octanol–water partition coefficient (Wildman–Crippen LogP) is -1.15. The summed E-state index contributed by atoms with van der Waals surface area (Å²) in [5.74, 6) is -1.42. The van der Waals surface area contributed by atoms with Crippen molar-refractivity contribution in [3.05, 3.63) is 6.20 Å². The number of aryl methyl sites for hydroxylation is 1. The van der Waals surface area contributed by atoms with Crippen LogP contribution in [0.25, 0.3) is 0 Å². The summed E-state index contributed by atoms with van der Waals surface area (Å²) in [6, 6.07) is 0. The van der Waals surface area contributed by atoms with Crippen molar-refractivity contribution in [3.63, 3.8) is 0 Å². The molecule has 17 heavy (non-hydrogen) atoms. The summed E-state index contributed by atoms with van der Waals surface area (Å²) in [7, 11) is -4.11. The lowest BCUT2D eigenvalue weighted by atomic mass is 10.5. The predicted molar refractivity (Wildman–Crippen MR) is 59.2 cm³/mol. The molecule has 1 heterocycles. The van der Waals surface area contributed by atoms with E-state index in [1.54, 1.807) is 0 Å². The number of carboxylic acids is 1. The molecule has 1 aromatic rings. The van der Waals surface area contributed by atoms with E-state index < -0.39 is 21.8 Å². The number of nitrogens with one attached hydrogen (secondary N) is 1. The first kappa shape index (κ1) is 13.3. The van der Waals surface area contributed by atoms with E-state index in [0.29, 0.717) is 0 Å². The maximum absolute atomic E-state index is 10.6. The zero-order valence-electron chi connectivity index (χ0n) is 8.70. The maximum atomic E-state index is 10.6. The number of anilines is 2. The maximum Gasteiger partial charge on any atom is 0.322 e. The number of aliphatic carboxylic acids is 1. The summed E-state index contributed by atoms with van der Waals surface area (Å²) in [6.45, 7) is -0.500. The lowest BCUT2D eigenvalue weighted by Gasteiger charge is -2.08. The number of nitrogens with two attached hydrogens (primary N) is 1. The van der Waals surface area contributed by atoms with Crippen LogP contribution in [-0.2, 0) is 21.5 Å². The molecule has 96 valence electrons. The molecule has 0 fully saturated rings. The van der Waals surface area contributed by atoms with Gasteiger partial charge in [0.1, 0.15) is 12.4 Å². The Bertz CT molecular complexity index is 508. The first-order valence-electron chi connectivity index (χ1n) is 4.51. The van der Waals surface area contributed by atoms with Gasteiger partial charge in [-0.3, -0.25) is 9.35 Å². The molecule has 0 aliphatic rings. The monoisotopic (exact) mass is 264 g/mol. The minimum atomic E-state index is -4.11. The molecule has 5 N–H and O–H groups in total. The highest BCUT2D eigenvalue weighted by Crippen LogP contribution is 2.16. The van der Waals surface area contributed by atoms with Crippen molar-refractivity contribution in [3.8, 4) is 0 Å². The largest absolute Gasteiger partial charge is 0.480 e. The first-order valence-corrected chi connectivity index (χ1v) is 6.12. The van der Waals surface area contributed by atoms with Crippen LogP contribution in [-0.4, -0.2) is 46.1 Å². The third kappa shape index (κ3) is 4.28. The van der Waals surface area contributed by atoms with Gasteiger partial charge in [-0.05, 0) is 0 Å². The van der Waals surface area contributed by atoms with Gasteiger partial charge in [-0.25, -0.2) is 4.68 Å². The lowest BCUT2D eigenvalue weighted by molar-refractivity contribution is -0.134. The topological polar surface area (TPSA) is 148 Å². The molecular weight excluding hydrogens is 252 g/mol. The molecule has 0 atom stereocenters. The fourth-order valence-electron chi connectivity index (χ4n) is 1.12. The van der Waals surface area contributed by atoms with Gasteiger partial charge in [-0.2, -0.15) is 13.5 Å². The molecule has 0 unspecified atom stereocenters. The Hall–Kier alpha value is -1.81. The number of hydrogen-bond donors (Lipinski definition) is 4. The molecular formula is C7H12N4O5S. The van der Waals surface area contributed by atoms with Crippen LogP contribution in [0.2, 0.25) is 0 Å². The molecule has 0 bridgehead atoms. The molecule has 10 heteroatoms. The van der Waals surface area contributed by atoms with E-state index in [1.165, 1.54) is 10.9 Å². The summed E-state index contributed by atoms with van der Waals surface area (Å²) >= 11 is 0. The Labute approximate surface area is 97.0 Å². The van der Waals surface area contributed by atoms with E-state index in [1.807, 2.05) is 0 Å². The van der Waals surface area contributed by atoms with Crippen molar-refractivity contribution in [1.82, 2.24) is 9.78 Å². The summed E-state index contributed by atoms with van der Waals surface area (Å²) in [5.41, 5.74) is 5.71. The molecule has 1 rings (SSSR count). The van der Waals surface area contributed by atoms with E-state index in [0.717, 1.165) is 0 Å². The zero-order valence-corrected chi connectivity index (χ0v) is 9.51. The molecule has 0 aliphatic heterocycles. The van der Waals surface area contributed by atoms with Gasteiger partial charge >= 0.3 is 5.97 Å². The van der Waals surface area contributed by atoms with Crippen molar-refractivity contribution in [2.45, 2.75) is 6.54 Å². The minimum absolute atomic E-state index is 0.127. The Morgan fingerprint density at radius 2 is 2.24 bits per heavy atom. The van der Waals surface area contributed by atoms with Crippen molar-refractivity contribution in [2.75, 3.05) is 23.3 Å². The van der Waals surface area contributed by atoms with Crippen LogP contribution in [0.1, 0.15) is 0 Å². The summed E-state index contributed by atoms with van der Waals surface area (Å²) in [6.07, 6.45) is 1.26. The van der Waals surface area contributed by atoms with E-state index in [2.05, 4.69) is 10.4 Å².